The molecule has 1 heterocycles. The average molecular weight is 316 g/mol. The minimum atomic E-state index is -0.337. The normalized spacial score (nSPS) is 10.3. The third-order valence-corrected chi connectivity index (χ3v) is 2.86. The molecule has 0 bridgehead atoms. The molecule has 0 fully saturated rings. The number of rotatable bonds is 1. The number of halogens is 2. The first-order chi connectivity index (χ1) is 7.18. The molecule has 0 aliphatic rings. The Kier molecular flexibility index (Phi) is 2.86. The van der Waals surface area contributed by atoms with Crippen LogP contribution >= 0.6 is 22.6 Å². The van der Waals surface area contributed by atoms with Gasteiger partial charge in [0.15, 0.2) is 0 Å². The smallest absolute Gasteiger partial charge is 0.284 e. The van der Waals surface area contributed by atoms with Gasteiger partial charge in [0.05, 0.1) is 11.6 Å². The third kappa shape index (κ3) is 2.09. The molecule has 1 aromatic heterocycles. The maximum atomic E-state index is 13.6. The molecule has 1 N–H and O–H groups in total. The molecule has 0 unspecified atom stereocenters. The Morgan fingerprint density at radius 3 is 2.53 bits per heavy atom. The summed E-state index contributed by atoms with van der Waals surface area (Å²) in [7, 11) is 0. The van der Waals surface area contributed by atoms with Gasteiger partial charge in [-0.15, -0.1) is 0 Å². The van der Waals surface area contributed by atoms with Crippen molar-refractivity contribution in [3.05, 3.63) is 52.1 Å². The molecule has 0 saturated heterocycles. The van der Waals surface area contributed by atoms with Crippen molar-refractivity contribution in [2.75, 3.05) is 0 Å². The summed E-state index contributed by atoms with van der Waals surface area (Å²) in [6.07, 6.45) is 1.37. The number of nitrogens with zero attached hydrogens (tertiary/aromatic N) is 1. The predicted molar refractivity (Wildman–Crippen MR) is 61.9 cm³/mol. The molecule has 2 rings (SSSR count). The summed E-state index contributed by atoms with van der Waals surface area (Å²) < 4.78 is 14.9. The SMILES string of the molecule is O[n+]1cc(-c2ccccc2)c(F)cc1I. The highest BCUT2D eigenvalue weighted by Crippen LogP contribution is 2.21. The fourth-order valence-corrected chi connectivity index (χ4v) is 1.74. The van der Waals surface area contributed by atoms with Crippen LogP contribution in [0, 0.1) is 9.52 Å². The Hall–Kier alpha value is -1.17. The molecule has 2 nitrogen and oxygen atoms in total. The molecule has 76 valence electrons. The van der Waals surface area contributed by atoms with E-state index >= 15 is 0 Å². The Morgan fingerprint density at radius 2 is 1.87 bits per heavy atom. The zero-order valence-corrected chi connectivity index (χ0v) is 9.85. The zero-order chi connectivity index (χ0) is 10.8. The van der Waals surface area contributed by atoms with Crippen LogP contribution in [-0.2, 0) is 0 Å². The maximum Gasteiger partial charge on any atom is 0.294 e. The van der Waals surface area contributed by atoms with E-state index in [1.165, 1.54) is 12.3 Å². The van der Waals surface area contributed by atoms with E-state index < -0.39 is 0 Å². The molecule has 1 aromatic carbocycles. The van der Waals surface area contributed by atoms with Crippen LogP contribution in [0.5, 0.6) is 0 Å². The van der Waals surface area contributed by atoms with Crippen molar-refractivity contribution in [2.24, 2.45) is 0 Å². The van der Waals surface area contributed by atoms with Crippen molar-refractivity contribution in [2.45, 2.75) is 0 Å². The van der Waals surface area contributed by atoms with Crippen molar-refractivity contribution < 1.29 is 14.3 Å². The van der Waals surface area contributed by atoms with Crippen molar-refractivity contribution in [1.29, 1.82) is 0 Å². The van der Waals surface area contributed by atoms with Gasteiger partial charge in [0.1, 0.15) is 5.82 Å². The van der Waals surface area contributed by atoms with Gasteiger partial charge in [-0.05, 0) is 5.56 Å². The van der Waals surface area contributed by atoms with Gasteiger partial charge in [0, 0.05) is 27.3 Å². The second-order valence-corrected chi connectivity index (χ2v) is 4.17. The summed E-state index contributed by atoms with van der Waals surface area (Å²) in [6, 6.07) is 10.4. The summed E-state index contributed by atoms with van der Waals surface area (Å²) >= 11 is 1.86. The topological polar surface area (TPSA) is 24.1 Å². The first kappa shape index (κ1) is 10.4. The van der Waals surface area contributed by atoms with E-state index in [9.17, 15) is 9.60 Å². The van der Waals surface area contributed by atoms with Crippen molar-refractivity contribution in [3.8, 4) is 11.1 Å². The lowest BCUT2D eigenvalue weighted by atomic mass is 10.1. The van der Waals surface area contributed by atoms with E-state index in [4.69, 9.17) is 0 Å². The van der Waals surface area contributed by atoms with Gasteiger partial charge in [-0.3, -0.25) is 5.21 Å². The van der Waals surface area contributed by atoms with E-state index in [-0.39, 0.29) is 5.82 Å². The van der Waals surface area contributed by atoms with Crippen LogP contribution in [0.4, 0.5) is 4.39 Å². The van der Waals surface area contributed by atoms with Crippen LogP contribution in [0.25, 0.3) is 11.1 Å². The fraction of sp³-hybridized carbons (Fsp3) is 0. The summed E-state index contributed by atoms with van der Waals surface area (Å²) in [6.45, 7) is 0. The quantitative estimate of drug-likeness (QED) is 0.372. The summed E-state index contributed by atoms with van der Waals surface area (Å²) in [5.41, 5.74) is 1.13. The zero-order valence-electron chi connectivity index (χ0n) is 7.69. The Bertz CT molecular complexity index is 487. The van der Waals surface area contributed by atoms with E-state index in [1.54, 1.807) is 12.1 Å². The van der Waals surface area contributed by atoms with Gasteiger partial charge in [-0.25, -0.2) is 4.39 Å². The molecule has 0 spiro atoms. The lowest BCUT2D eigenvalue weighted by molar-refractivity contribution is -0.914. The third-order valence-electron chi connectivity index (χ3n) is 2.06. The number of benzene rings is 1. The van der Waals surface area contributed by atoms with E-state index in [0.717, 1.165) is 10.3 Å². The van der Waals surface area contributed by atoms with E-state index in [2.05, 4.69) is 0 Å². The maximum absolute atomic E-state index is 13.6. The van der Waals surface area contributed by atoms with Crippen LogP contribution in [0.3, 0.4) is 0 Å². The highest BCUT2D eigenvalue weighted by atomic mass is 127. The van der Waals surface area contributed by atoms with Crippen molar-refractivity contribution >= 4 is 22.6 Å². The van der Waals surface area contributed by atoms with Crippen LogP contribution in [0.2, 0.25) is 0 Å². The highest BCUT2D eigenvalue weighted by Gasteiger charge is 2.15. The average Bonchev–Trinajstić information content (AvgIpc) is 2.25. The lowest BCUT2D eigenvalue weighted by Gasteiger charge is -2.00. The largest absolute Gasteiger partial charge is 0.294 e. The first-order valence-electron chi connectivity index (χ1n) is 4.34. The molecule has 0 aliphatic heterocycles. The summed E-state index contributed by atoms with van der Waals surface area (Å²) in [5.74, 6) is -0.337. The summed E-state index contributed by atoms with van der Waals surface area (Å²) in [4.78, 5) is 0. The predicted octanol–water partition coefficient (Wildman–Crippen LogP) is 2.62. The standard InChI is InChI=1S/C11H8FINO/c12-10-6-11(13)14(15)7-9(10)8-4-2-1-3-5-8/h1-7,15H/q+1. The monoisotopic (exact) mass is 316 g/mol. The molecule has 15 heavy (non-hydrogen) atoms. The Morgan fingerprint density at radius 1 is 1.20 bits per heavy atom. The first-order valence-corrected chi connectivity index (χ1v) is 5.42. The van der Waals surface area contributed by atoms with E-state index in [0.29, 0.717) is 9.26 Å². The van der Waals surface area contributed by atoms with Gasteiger partial charge in [-0.1, -0.05) is 30.3 Å². The number of hydrogen-bond acceptors (Lipinski definition) is 1. The molecule has 0 atom stereocenters. The number of hydrogen-bond donors (Lipinski definition) is 1. The second kappa shape index (κ2) is 4.14. The molecular formula is C11H8FINO+. The van der Waals surface area contributed by atoms with Crippen molar-refractivity contribution in [3.63, 3.8) is 0 Å². The van der Waals surface area contributed by atoms with Crippen LogP contribution in [0.15, 0.2) is 42.6 Å². The molecule has 0 amide bonds. The minimum absolute atomic E-state index is 0.337. The van der Waals surface area contributed by atoms with Crippen LogP contribution < -0.4 is 4.73 Å². The molecule has 0 saturated carbocycles. The molecule has 4 heteroatoms. The fourth-order valence-electron chi connectivity index (χ4n) is 1.32. The van der Waals surface area contributed by atoms with Crippen LogP contribution in [-0.4, -0.2) is 5.21 Å². The van der Waals surface area contributed by atoms with Gasteiger partial charge >= 0.3 is 0 Å². The molecule has 2 aromatic rings. The van der Waals surface area contributed by atoms with Gasteiger partial charge in [-0.2, -0.15) is 0 Å². The molecule has 0 aliphatic carbocycles. The molecular weight excluding hydrogens is 308 g/mol. The Labute approximate surface area is 100 Å². The van der Waals surface area contributed by atoms with Gasteiger partial charge < -0.3 is 0 Å². The number of pyridine rings is 1. The summed E-state index contributed by atoms with van der Waals surface area (Å²) in [5, 5.41) is 9.43. The van der Waals surface area contributed by atoms with Crippen LogP contribution in [0.1, 0.15) is 0 Å². The minimum Gasteiger partial charge on any atom is -0.284 e. The van der Waals surface area contributed by atoms with Crippen molar-refractivity contribution in [1.82, 2.24) is 0 Å². The number of aromatic nitrogens is 1. The molecule has 0 radical (unpaired) electrons. The highest BCUT2D eigenvalue weighted by molar-refractivity contribution is 14.1. The van der Waals surface area contributed by atoms with Gasteiger partial charge in [0.2, 0.25) is 6.20 Å². The lowest BCUT2D eigenvalue weighted by Crippen LogP contribution is -2.34. The van der Waals surface area contributed by atoms with E-state index in [1.807, 2.05) is 40.8 Å². The second-order valence-electron chi connectivity index (χ2n) is 3.07. The van der Waals surface area contributed by atoms with Gasteiger partial charge in [0.25, 0.3) is 3.70 Å². The Balaban J connectivity index is 2.59.